The zero-order valence-corrected chi connectivity index (χ0v) is 11.5. The van der Waals surface area contributed by atoms with E-state index in [1.807, 2.05) is 0 Å². The molecule has 102 valence electrons. The van der Waals surface area contributed by atoms with E-state index in [2.05, 4.69) is 0 Å². The molecule has 1 heterocycles. The highest BCUT2D eigenvalue weighted by Crippen LogP contribution is 2.45. The molecule has 0 bridgehead atoms. The number of carbonyl (C=O) groups excluding carboxylic acids is 1. The Hall–Kier alpha value is -1.69. The number of Topliss-reactive ketones (excluding diaryl/α,β-unsaturated/α-hetero) is 1. The average Bonchev–Trinajstić information content (AvgIpc) is 2.36. The molecule has 19 heavy (non-hydrogen) atoms. The van der Waals surface area contributed by atoms with Gasteiger partial charge in [-0.3, -0.25) is 9.59 Å². The molecule has 1 aliphatic heterocycles. The summed E-state index contributed by atoms with van der Waals surface area (Å²) in [5.41, 5.74) is 0.494. The van der Waals surface area contributed by atoms with E-state index in [9.17, 15) is 9.59 Å². The first-order valence-electron chi connectivity index (χ1n) is 5.73. The monoisotopic (exact) mass is 282 g/mol. The zero-order chi connectivity index (χ0) is 14.0. The molecule has 5 nitrogen and oxygen atoms in total. The minimum atomic E-state index is -0.907. The Morgan fingerprint density at radius 1 is 1.37 bits per heavy atom. The fourth-order valence-corrected chi connectivity index (χ4v) is 3.48. The van der Waals surface area contributed by atoms with Crippen molar-refractivity contribution in [1.82, 2.24) is 0 Å². The molecular weight excluding hydrogens is 268 g/mol. The second kappa shape index (κ2) is 5.52. The molecule has 0 saturated carbocycles. The standard InChI is InChI=1S/C13H14O5S/c1-17-9-3-4-10(18-2)13-12(9)8(14)5-7(19-13)6-11(15)16/h3-4,7H,5-6H2,1-2H3,(H,15,16). The third-order valence-corrected chi connectivity index (χ3v) is 4.21. The molecule has 1 atom stereocenters. The second-order valence-corrected chi connectivity index (χ2v) is 5.45. The first-order chi connectivity index (χ1) is 9.06. The van der Waals surface area contributed by atoms with Crippen LogP contribution in [0.1, 0.15) is 23.2 Å². The van der Waals surface area contributed by atoms with E-state index in [-0.39, 0.29) is 23.9 Å². The van der Waals surface area contributed by atoms with E-state index in [1.54, 1.807) is 12.1 Å². The van der Waals surface area contributed by atoms with Gasteiger partial charge in [0.1, 0.15) is 11.5 Å². The van der Waals surface area contributed by atoms with Gasteiger partial charge >= 0.3 is 5.97 Å². The Morgan fingerprint density at radius 2 is 2.00 bits per heavy atom. The highest BCUT2D eigenvalue weighted by atomic mass is 32.2. The zero-order valence-electron chi connectivity index (χ0n) is 10.6. The number of carboxylic acid groups (broad SMARTS) is 1. The minimum absolute atomic E-state index is 0.0454. The van der Waals surface area contributed by atoms with Gasteiger partial charge in [0, 0.05) is 11.7 Å². The van der Waals surface area contributed by atoms with Crippen molar-refractivity contribution in [1.29, 1.82) is 0 Å². The smallest absolute Gasteiger partial charge is 0.304 e. The fourth-order valence-electron chi connectivity index (χ4n) is 2.08. The highest BCUT2D eigenvalue weighted by Gasteiger charge is 2.32. The molecule has 0 radical (unpaired) electrons. The predicted molar refractivity (Wildman–Crippen MR) is 70.4 cm³/mol. The largest absolute Gasteiger partial charge is 0.496 e. The average molecular weight is 282 g/mol. The van der Waals surface area contributed by atoms with Gasteiger partial charge in [-0.1, -0.05) is 0 Å². The molecule has 1 aromatic carbocycles. The van der Waals surface area contributed by atoms with E-state index < -0.39 is 5.97 Å². The van der Waals surface area contributed by atoms with Crippen LogP contribution in [0.4, 0.5) is 0 Å². The quantitative estimate of drug-likeness (QED) is 0.913. The van der Waals surface area contributed by atoms with Gasteiger partial charge in [-0.25, -0.2) is 0 Å². The van der Waals surface area contributed by atoms with E-state index in [0.29, 0.717) is 22.0 Å². The van der Waals surface area contributed by atoms with Crippen molar-refractivity contribution in [2.45, 2.75) is 23.0 Å². The first-order valence-corrected chi connectivity index (χ1v) is 6.61. The number of fused-ring (bicyclic) bond motifs is 1. The first kappa shape index (κ1) is 13.7. The molecule has 0 aliphatic carbocycles. The molecule has 0 aromatic heterocycles. The lowest BCUT2D eigenvalue weighted by atomic mass is 10.0. The van der Waals surface area contributed by atoms with Gasteiger partial charge in [0.15, 0.2) is 5.78 Å². The summed E-state index contributed by atoms with van der Waals surface area (Å²) in [6.07, 6.45) is 0.156. The van der Waals surface area contributed by atoms with Crippen LogP contribution in [0.15, 0.2) is 17.0 Å². The van der Waals surface area contributed by atoms with Gasteiger partial charge in [0.05, 0.1) is 31.1 Å². The summed E-state index contributed by atoms with van der Waals surface area (Å²) >= 11 is 1.36. The van der Waals surface area contributed by atoms with Crippen LogP contribution in [-0.4, -0.2) is 36.3 Å². The third-order valence-electron chi connectivity index (χ3n) is 2.90. The topological polar surface area (TPSA) is 72.8 Å². The molecule has 1 aromatic rings. The maximum Gasteiger partial charge on any atom is 0.304 e. The number of ether oxygens (including phenoxy) is 2. The van der Waals surface area contributed by atoms with Crippen LogP contribution in [0.25, 0.3) is 0 Å². The fraction of sp³-hybridized carbons (Fsp3) is 0.385. The number of methoxy groups -OCH3 is 2. The number of ketones is 1. The van der Waals surface area contributed by atoms with Crippen molar-refractivity contribution in [2.24, 2.45) is 0 Å². The molecule has 1 aliphatic rings. The number of thioether (sulfide) groups is 1. The molecular formula is C13H14O5S. The molecule has 2 rings (SSSR count). The Balaban J connectivity index is 2.44. The van der Waals surface area contributed by atoms with Gasteiger partial charge in [-0.05, 0) is 12.1 Å². The molecule has 1 unspecified atom stereocenters. The minimum Gasteiger partial charge on any atom is -0.496 e. The summed E-state index contributed by atoms with van der Waals surface area (Å²) in [7, 11) is 3.03. The van der Waals surface area contributed by atoms with E-state index >= 15 is 0 Å². The van der Waals surface area contributed by atoms with Gasteiger partial charge in [0.2, 0.25) is 0 Å². The Labute approximate surface area is 114 Å². The van der Waals surface area contributed by atoms with E-state index in [0.717, 1.165) is 0 Å². The lowest BCUT2D eigenvalue weighted by molar-refractivity contribution is -0.136. The Bertz CT molecular complexity index is 526. The van der Waals surface area contributed by atoms with Crippen molar-refractivity contribution in [3.05, 3.63) is 17.7 Å². The van der Waals surface area contributed by atoms with E-state index in [1.165, 1.54) is 26.0 Å². The number of carbonyl (C=O) groups is 2. The van der Waals surface area contributed by atoms with Crippen LogP contribution in [0, 0.1) is 0 Å². The number of hydrogen-bond acceptors (Lipinski definition) is 5. The van der Waals surface area contributed by atoms with Crippen LogP contribution in [0.5, 0.6) is 11.5 Å². The van der Waals surface area contributed by atoms with Crippen LogP contribution >= 0.6 is 11.8 Å². The number of aliphatic carboxylic acids is 1. The maximum absolute atomic E-state index is 12.2. The summed E-state index contributed by atoms with van der Waals surface area (Å²) in [4.78, 5) is 23.6. The number of hydrogen-bond donors (Lipinski definition) is 1. The van der Waals surface area contributed by atoms with Crippen LogP contribution in [0.2, 0.25) is 0 Å². The van der Waals surface area contributed by atoms with Crippen LogP contribution < -0.4 is 9.47 Å². The predicted octanol–water partition coefficient (Wildman–Crippen LogP) is 2.23. The van der Waals surface area contributed by atoms with Crippen molar-refractivity contribution >= 4 is 23.5 Å². The summed E-state index contributed by atoms with van der Waals surface area (Å²) in [6.45, 7) is 0. The number of rotatable bonds is 4. The summed E-state index contributed by atoms with van der Waals surface area (Å²) in [5, 5.41) is 8.58. The van der Waals surface area contributed by atoms with Crippen LogP contribution in [0.3, 0.4) is 0 Å². The van der Waals surface area contributed by atoms with Crippen LogP contribution in [-0.2, 0) is 4.79 Å². The van der Waals surface area contributed by atoms with Crippen molar-refractivity contribution in [2.75, 3.05) is 14.2 Å². The third kappa shape index (κ3) is 2.68. The Morgan fingerprint density at radius 3 is 2.58 bits per heavy atom. The van der Waals surface area contributed by atoms with Gasteiger partial charge in [-0.2, -0.15) is 0 Å². The summed E-state index contributed by atoms with van der Waals surface area (Å²) in [6, 6.07) is 3.41. The lowest BCUT2D eigenvalue weighted by Crippen LogP contribution is -2.21. The second-order valence-electron chi connectivity index (χ2n) is 4.14. The normalized spacial score (nSPS) is 17.8. The van der Waals surface area contributed by atoms with Gasteiger partial charge in [-0.15, -0.1) is 11.8 Å². The van der Waals surface area contributed by atoms with Crippen molar-refractivity contribution in [3.8, 4) is 11.5 Å². The molecule has 0 saturated heterocycles. The molecule has 6 heteroatoms. The summed E-state index contributed by atoms with van der Waals surface area (Å²) < 4.78 is 10.4. The van der Waals surface area contributed by atoms with Gasteiger partial charge < -0.3 is 14.6 Å². The highest BCUT2D eigenvalue weighted by molar-refractivity contribution is 8.00. The molecule has 1 N–H and O–H groups in total. The molecule has 0 amide bonds. The molecule has 0 fully saturated rings. The van der Waals surface area contributed by atoms with E-state index in [4.69, 9.17) is 14.6 Å². The molecule has 0 spiro atoms. The maximum atomic E-state index is 12.2. The summed E-state index contributed by atoms with van der Waals surface area (Å²) in [5.74, 6) is 0.0673. The van der Waals surface area contributed by atoms with Crippen molar-refractivity contribution < 1.29 is 24.2 Å². The van der Waals surface area contributed by atoms with Gasteiger partial charge in [0.25, 0.3) is 0 Å². The number of carboxylic acids is 1. The number of benzene rings is 1. The lowest BCUT2D eigenvalue weighted by Gasteiger charge is -2.24. The SMILES string of the molecule is COc1ccc(OC)c2c1SC(CC(=O)O)CC2=O. The van der Waals surface area contributed by atoms with Crippen molar-refractivity contribution in [3.63, 3.8) is 0 Å². The Kier molecular flexibility index (Phi) is 3.99.